The third kappa shape index (κ3) is 4.47. The van der Waals surface area contributed by atoms with Crippen LogP contribution in [0.2, 0.25) is 5.02 Å². The van der Waals surface area contributed by atoms with Crippen molar-refractivity contribution in [3.05, 3.63) is 40.7 Å². The van der Waals surface area contributed by atoms with Crippen LogP contribution in [0.4, 0.5) is 11.4 Å². The standard InChI is InChI=1S/C14H17ClN4O2/c1-9-5-11(18-21-9)7-19(2)8-14(20)17-10-3-4-12(15)13(16)6-10/h3-6H,7-8,16H2,1-2H3,(H,17,20). The van der Waals surface area contributed by atoms with Crippen molar-refractivity contribution in [2.45, 2.75) is 13.5 Å². The Morgan fingerprint density at radius 1 is 1.48 bits per heavy atom. The zero-order valence-electron chi connectivity index (χ0n) is 11.9. The predicted molar refractivity (Wildman–Crippen MR) is 82.1 cm³/mol. The molecule has 0 aliphatic rings. The molecule has 7 heteroatoms. The van der Waals surface area contributed by atoms with Gasteiger partial charge in [-0.2, -0.15) is 0 Å². The molecule has 0 aliphatic heterocycles. The number of hydrogen-bond donors (Lipinski definition) is 2. The van der Waals surface area contributed by atoms with Crippen LogP contribution in [-0.4, -0.2) is 29.6 Å². The number of likely N-dealkylation sites (N-methyl/N-ethyl adjacent to an activating group) is 1. The summed E-state index contributed by atoms with van der Waals surface area (Å²) in [6, 6.07) is 6.82. The largest absolute Gasteiger partial charge is 0.397 e. The number of carbonyl (C=O) groups is 1. The van der Waals surface area contributed by atoms with Gasteiger partial charge in [-0.3, -0.25) is 9.69 Å². The summed E-state index contributed by atoms with van der Waals surface area (Å²) in [6.45, 7) is 2.59. The van der Waals surface area contributed by atoms with Crippen molar-refractivity contribution in [2.75, 3.05) is 24.6 Å². The van der Waals surface area contributed by atoms with E-state index in [0.29, 0.717) is 22.9 Å². The van der Waals surface area contributed by atoms with Gasteiger partial charge in [0.2, 0.25) is 5.91 Å². The van der Waals surface area contributed by atoms with Gasteiger partial charge in [0.05, 0.1) is 22.9 Å². The molecule has 1 amide bonds. The number of nitrogens with zero attached hydrogens (tertiary/aromatic N) is 2. The molecule has 112 valence electrons. The van der Waals surface area contributed by atoms with Crippen LogP contribution < -0.4 is 11.1 Å². The Bertz CT molecular complexity index is 642. The van der Waals surface area contributed by atoms with Gasteiger partial charge in [0.15, 0.2) is 0 Å². The highest BCUT2D eigenvalue weighted by molar-refractivity contribution is 6.33. The molecule has 0 spiro atoms. The van der Waals surface area contributed by atoms with E-state index >= 15 is 0 Å². The van der Waals surface area contributed by atoms with Crippen LogP contribution in [0.15, 0.2) is 28.8 Å². The third-order valence-corrected chi connectivity index (χ3v) is 3.15. The molecule has 0 unspecified atom stereocenters. The highest BCUT2D eigenvalue weighted by Crippen LogP contribution is 2.22. The molecule has 1 aromatic heterocycles. The number of halogens is 1. The predicted octanol–water partition coefficient (Wildman–Crippen LogP) is 2.29. The number of benzene rings is 1. The number of aryl methyl sites for hydroxylation is 1. The molecule has 0 aliphatic carbocycles. The Kier molecular flexibility index (Phi) is 4.82. The Morgan fingerprint density at radius 2 is 2.24 bits per heavy atom. The third-order valence-electron chi connectivity index (χ3n) is 2.80. The van der Waals surface area contributed by atoms with Gasteiger partial charge in [0.25, 0.3) is 0 Å². The summed E-state index contributed by atoms with van der Waals surface area (Å²) in [4.78, 5) is 13.8. The number of rotatable bonds is 5. The molecule has 3 N–H and O–H groups in total. The summed E-state index contributed by atoms with van der Waals surface area (Å²) in [6.07, 6.45) is 0. The summed E-state index contributed by atoms with van der Waals surface area (Å²) < 4.78 is 4.99. The molecule has 0 atom stereocenters. The summed E-state index contributed by atoms with van der Waals surface area (Å²) in [5, 5.41) is 7.12. The Balaban J connectivity index is 1.87. The minimum atomic E-state index is -0.139. The van der Waals surface area contributed by atoms with E-state index < -0.39 is 0 Å². The summed E-state index contributed by atoms with van der Waals surface area (Å²) in [7, 11) is 1.83. The fourth-order valence-electron chi connectivity index (χ4n) is 1.89. The number of hydrogen-bond acceptors (Lipinski definition) is 5. The van der Waals surface area contributed by atoms with Gasteiger partial charge in [-0.15, -0.1) is 0 Å². The maximum atomic E-state index is 11.9. The zero-order valence-corrected chi connectivity index (χ0v) is 12.6. The number of amides is 1. The lowest BCUT2D eigenvalue weighted by atomic mass is 10.3. The van der Waals surface area contributed by atoms with Gasteiger partial charge in [-0.25, -0.2) is 0 Å². The maximum absolute atomic E-state index is 11.9. The second-order valence-electron chi connectivity index (χ2n) is 4.89. The maximum Gasteiger partial charge on any atom is 0.238 e. The molecule has 0 saturated carbocycles. The second kappa shape index (κ2) is 6.60. The molecule has 21 heavy (non-hydrogen) atoms. The highest BCUT2D eigenvalue weighted by atomic mass is 35.5. The lowest BCUT2D eigenvalue weighted by Crippen LogP contribution is -2.29. The smallest absolute Gasteiger partial charge is 0.238 e. The quantitative estimate of drug-likeness (QED) is 0.828. The van der Waals surface area contributed by atoms with Gasteiger partial charge in [-0.1, -0.05) is 16.8 Å². The van der Waals surface area contributed by atoms with Gasteiger partial charge in [0, 0.05) is 18.3 Å². The highest BCUT2D eigenvalue weighted by Gasteiger charge is 2.10. The fourth-order valence-corrected chi connectivity index (χ4v) is 2.01. The second-order valence-corrected chi connectivity index (χ2v) is 5.29. The fraction of sp³-hybridized carbons (Fsp3) is 0.286. The van der Waals surface area contributed by atoms with Crippen LogP contribution in [-0.2, 0) is 11.3 Å². The van der Waals surface area contributed by atoms with E-state index in [1.54, 1.807) is 18.2 Å². The van der Waals surface area contributed by atoms with Crippen molar-refractivity contribution in [3.8, 4) is 0 Å². The van der Waals surface area contributed by atoms with Crippen LogP contribution in [0.25, 0.3) is 0 Å². The number of nitrogen functional groups attached to an aromatic ring is 1. The average Bonchev–Trinajstić information content (AvgIpc) is 2.79. The van der Waals surface area contributed by atoms with E-state index in [2.05, 4.69) is 10.5 Å². The number of nitrogens with one attached hydrogen (secondary N) is 1. The molecular formula is C14H17ClN4O2. The van der Waals surface area contributed by atoms with E-state index in [0.717, 1.165) is 11.5 Å². The summed E-state index contributed by atoms with van der Waals surface area (Å²) in [5.41, 5.74) is 7.53. The first-order valence-corrected chi connectivity index (χ1v) is 6.77. The molecule has 2 rings (SSSR count). The first-order chi connectivity index (χ1) is 9.94. The lowest BCUT2D eigenvalue weighted by Gasteiger charge is -2.14. The van der Waals surface area contributed by atoms with E-state index in [-0.39, 0.29) is 12.5 Å². The molecule has 1 aromatic carbocycles. The molecule has 0 bridgehead atoms. The Hall–Kier alpha value is -2.05. The zero-order chi connectivity index (χ0) is 15.4. The monoisotopic (exact) mass is 308 g/mol. The minimum absolute atomic E-state index is 0.139. The SMILES string of the molecule is Cc1cc(CN(C)CC(=O)Nc2ccc(Cl)c(N)c2)no1. The molecule has 0 saturated heterocycles. The minimum Gasteiger partial charge on any atom is -0.397 e. The van der Waals surface area contributed by atoms with Gasteiger partial charge in [-0.05, 0) is 32.2 Å². The van der Waals surface area contributed by atoms with Crippen molar-refractivity contribution >= 4 is 28.9 Å². The van der Waals surface area contributed by atoms with E-state index in [4.69, 9.17) is 21.9 Å². The van der Waals surface area contributed by atoms with Crippen LogP contribution in [0, 0.1) is 6.92 Å². The van der Waals surface area contributed by atoms with Crippen molar-refractivity contribution in [1.82, 2.24) is 10.1 Å². The molecule has 0 fully saturated rings. The number of anilines is 2. The molecule has 6 nitrogen and oxygen atoms in total. The van der Waals surface area contributed by atoms with Crippen LogP contribution in [0.5, 0.6) is 0 Å². The molecule has 0 radical (unpaired) electrons. The van der Waals surface area contributed by atoms with Gasteiger partial charge in [0.1, 0.15) is 5.76 Å². The van der Waals surface area contributed by atoms with Crippen molar-refractivity contribution < 1.29 is 9.32 Å². The molecular weight excluding hydrogens is 292 g/mol. The molecule has 1 heterocycles. The van der Waals surface area contributed by atoms with Gasteiger partial charge >= 0.3 is 0 Å². The van der Waals surface area contributed by atoms with E-state index in [1.807, 2.05) is 24.9 Å². The van der Waals surface area contributed by atoms with Crippen molar-refractivity contribution in [1.29, 1.82) is 0 Å². The lowest BCUT2D eigenvalue weighted by molar-refractivity contribution is -0.117. The van der Waals surface area contributed by atoms with Crippen molar-refractivity contribution in [2.24, 2.45) is 0 Å². The van der Waals surface area contributed by atoms with Crippen molar-refractivity contribution in [3.63, 3.8) is 0 Å². The Labute approximate surface area is 127 Å². The van der Waals surface area contributed by atoms with E-state index in [9.17, 15) is 4.79 Å². The number of carbonyl (C=O) groups excluding carboxylic acids is 1. The number of nitrogens with two attached hydrogens (primary N) is 1. The normalized spacial score (nSPS) is 10.9. The molecule has 2 aromatic rings. The summed E-state index contributed by atoms with van der Waals surface area (Å²) in [5.74, 6) is 0.610. The van der Waals surface area contributed by atoms with Crippen LogP contribution in [0.1, 0.15) is 11.5 Å². The number of aromatic nitrogens is 1. The average molecular weight is 309 g/mol. The van der Waals surface area contributed by atoms with Crippen LogP contribution in [0.3, 0.4) is 0 Å². The topological polar surface area (TPSA) is 84.4 Å². The summed E-state index contributed by atoms with van der Waals surface area (Å²) >= 11 is 5.83. The van der Waals surface area contributed by atoms with Gasteiger partial charge < -0.3 is 15.6 Å². The first-order valence-electron chi connectivity index (χ1n) is 6.39. The van der Waals surface area contributed by atoms with Crippen LogP contribution >= 0.6 is 11.6 Å². The van der Waals surface area contributed by atoms with E-state index in [1.165, 1.54) is 0 Å². The Morgan fingerprint density at radius 3 is 2.86 bits per heavy atom. The first kappa shape index (κ1) is 15.3.